The highest BCUT2D eigenvalue weighted by molar-refractivity contribution is 5.92. The van der Waals surface area contributed by atoms with E-state index in [1.54, 1.807) is 0 Å². The molecule has 1 saturated heterocycles. The zero-order valence-corrected chi connectivity index (χ0v) is 17.4. The van der Waals surface area contributed by atoms with Crippen molar-refractivity contribution in [3.8, 4) is 0 Å². The molecule has 0 bridgehead atoms. The van der Waals surface area contributed by atoms with Crippen LogP contribution >= 0.6 is 0 Å². The first-order valence-electron chi connectivity index (χ1n) is 10.9. The molecule has 0 atom stereocenters. The Morgan fingerprint density at radius 1 is 1.03 bits per heavy atom. The maximum atomic E-state index is 12.3. The number of fused-ring (bicyclic) bond motifs is 1. The lowest BCUT2D eigenvalue weighted by molar-refractivity contribution is -0.132. The Bertz CT molecular complexity index is 949. The van der Waals surface area contributed by atoms with Gasteiger partial charge in [0, 0.05) is 56.0 Å². The highest BCUT2D eigenvalue weighted by Gasteiger charge is 2.35. The highest BCUT2D eigenvalue weighted by atomic mass is 16.2. The molecule has 2 fully saturated rings. The van der Waals surface area contributed by atoms with E-state index < -0.39 is 0 Å². The number of rotatable bonds is 4. The largest absolute Gasteiger partial charge is 0.367 e. The Morgan fingerprint density at radius 3 is 2.41 bits per heavy atom. The molecule has 5 rings (SSSR count). The minimum Gasteiger partial charge on any atom is -0.367 e. The third kappa shape index (κ3) is 3.57. The number of aromatic nitrogens is 1. The van der Waals surface area contributed by atoms with E-state index in [-0.39, 0.29) is 0 Å². The van der Waals surface area contributed by atoms with Crippen molar-refractivity contribution < 1.29 is 4.79 Å². The van der Waals surface area contributed by atoms with Gasteiger partial charge in [0.2, 0.25) is 5.91 Å². The number of pyridine rings is 1. The standard InChI is InChI=1S/C25H29N3O/c1-17(2)18-3-5-19(6-4-18)21-15-22-23(16-21)26-10-9-24(22)27-11-13-28(14-12-27)25(29)20-7-8-20/h3-6,9-10,15,17,20H,7-8,11-14,16H2,1-2H3. The molecule has 4 heteroatoms. The number of nitrogens with zero attached hydrogens (tertiary/aromatic N) is 3. The van der Waals surface area contributed by atoms with Gasteiger partial charge in [0.25, 0.3) is 0 Å². The molecule has 0 spiro atoms. The fraction of sp³-hybridized carbons (Fsp3) is 0.440. The molecule has 1 aromatic heterocycles. The molecule has 1 saturated carbocycles. The molecule has 0 radical (unpaired) electrons. The van der Waals surface area contributed by atoms with Crippen molar-refractivity contribution >= 4 is 23.2 Å². The van der Waals surface area contributed by atoms with Gasteiger partial charge in [-0.3, -0.25) is 9.78 Å². The van der Waals surface area contributed by atoms with Gasteiger partial charge in [-0.15, -0.1) is 0 Å². The number of benzene rings is 1. The molecule has 1 aromatic carbocycles. The second kappa shape index (κ2) is 7.33. The summed E-state index contributed by atoms with van der Waals surface area (Å²) in [6.07, 6.45) is 7.33. The van der Waals surface area contributed by atoms with Gasteiger partial charge >= 0.3 is 0 Å². The molecule has 0 N–H and O–H groups in total. The van der Waals surface area contributed by atoms with Crippen LogP contribution in [-0.2, 0) is 11.2 Å². The van der Waals surface area contributed by atoms with Crippen LogP contribution in [0.15, 0.2) is 36.5 Å². The number of allylic oxidation sites excluding steroid dienone is 1. The van der Waals surface area contributed by atoms with Gasteiger partial charge in [0.05, 0.1) is 5.69 Å². The van der Waals surface area contributed by atoms with Gasteiger partial charge in [-0.1, -0.05) is 38.1 Å². The minimum absolute atomic E-state index is 0.319. The van der Waals surface area contributed by atoms with Crippen molar-refractivity contribution in [2.24, 2.45) is 5.92 Å². The Labute approximate surface area is 173 Å². The maximum absolute atomic E-state index is 12.3. The van der Waals surface area contributed by atoms with E-state index in [0.29, 0.717) is 17.7 Å². The second-order valence-electron chi connectivity index (χ2n) is 8.90. The SMILES string of the molecule is CC(C)c1ccc(C2=Cc3c(N4CCN(C(=O)C5CC5)CC4)ccnc3C2)cc1. The lowest BCUT2D eigenvalue weighted by Gasteiger charge is -2.37. The average Bonchev–Trinajstić information content (AvgIpc) is 3.51. The normalized spacial score (nSPS) is 18.8. The number of piperazine rings is 1. The quantitative estimate of drug-likeness (QED) is 0.782. The van der Waals surface area contributed by atoms with E-state index in [0.717, 1.165) is 45.4 Å². The summed E-state index contributed by atoms with van der Waals surface area (Å²) in [6, 6.07) is 11.1. The topological polar surface area (TPSA) is 36.4 Å². The zero-order valence-electron chi connectivity index (χ0n) is 17.4. The Morgan fingerprint density at radius 2 is 1.76 bits per heavy atom. The first-order chi connectivity index (χ1) is 14.1. The number of amides is 1. The molecule has 150 valence electrons. The predicted octanol–water partition coefficient (Wildman–Crippen LogP) is 4.36. The Kier molecular flexibility index (Phi) is 4.65. The van der Waals surface area contributed by atoms with Gasteiger partial charge in [0.15, 0.2) is 0 Å². The number of carbonyl (C=O) groups excluding carboxylic acids is 1. The summed E-state index contributed by atoms with van der Waals surface area (Å²) in [7, 11) is 0. The summed E-state index contributed by atoms with van der Waals surface area (Å²) in [5, 5.41) is 0. The van der Waals surface area contributed by atoms with Crippen molar-refractivity contribution in [1.82, 2.24) is 9.88 Å². The van der Waals surface area contributed by atoms with Crippen LogP contribution in [-0.4, -0.2) is 42.0 Å². The number of hydrogen-bond acceptors (Lipinski definition) is 3. The van der Waals surface area contributed by atoms with E-state index in [2.05, 4.69) is 65.0 Å². The van der Waals surface area contributed by atoms with E-state index >= 15 is 0 Å². The van der Waals surface area contributed by atoms with Crippen LogP contribution in [0.1, 0.15) is 55.0 Å². The summed E-state index contributed by atoms with van der Waals surface area (Å²) < 4.78 is 0. The number of anilines is 1. The van der Waals surface area contributed by atoms with Gasteiger partial charge in [-0.25, -0.2) is 0 Å². The average molecular weight is 388 g/mol. The molecule has 2 aliphatic carbocycles. The van der Waals surface area contributed by atoms with Crippen LogP contribution < -0.4 is 4.90 Å². The second-order valence-corrected chi connectivity index (χ2v) is 8.90. The molecule has 1 amide bonds. The van der Waals surface area contributed by atoms with Crippen LogP contribution in [0.4, 0.5) is 5.69 Å². The van der Waals surface area contributed by atoms with Crippen LogP contribution in [0, 0.1) is 5.92 Å². The van der Waals surface area contributed by atoms with Crippen molar-refractivity contribution in [2.45, 2.75) is 39.0 Å². The highest BCUT2D eigenvalue weighted by Crippen LogP contribution is 2.37. The molecule has 3 aliphatic rings. The Hall–Kier alpha value is -2.62. The van der Waals surface area contributed by atoms with E-state index in [4.69, 9.17) is 0 Å². The van der Waals surface area contributed by atoms with Crippen LogP contribution in [0.25, 0.3) is 11.6 Å². The molecule has 2 heterocycles. The fourth-order valence-corrected chi connectivity index (χ4v) is 4.51. The predicted molar refractivity (Wildman–Crippen MR) is 118 cm³/mol. The summed E-state index contributed by atoms with van der Waals surface area (Å²) in [5.41, 5.74) is 7.71. The van der Waals surface area contributed by atoms with Crippen LogP contribution in [0.3, 0.4) is 0 Å². The first kappa shape index (κ1) is 18.4. The molecule has 1 aliphatic heterocycles. The molecule has 2 aromatic rings. The molecule has 0 unspecified atom stereocenters. The molecular formula is C25H29N3O. The molecule has 29 heavy (non-hydrogen) atoms. The van der Waals surface area contributed by atoms with Crippen LogP contribution in [0.5, 0.6) is 0 Å². The minimum atomic E-state index is 0.319. The van der Waals surface area contributed by atoms with Gasteiger partial charge in [-0.2, -0.15) is 0 Å². The lowest BCUT2D eigenvalue weighted by Crippen LogP contribution is -2.49. The van der Waals surface area contributed by atoms with Gasteiger partial charge < -0.3 is 9.80 Å². The van der Waals surface area contributed by atoms with Crippen molar-refractivity contribution in [3.05, 3.63) is 58.9 Å². The third-order valence-corrected chi connectivity index (χ3v) is 6.53. The summed E-state index contributed by atoms with van der Waals surface area (Å²) >= 11 is 0. The van der Waals surface area contributed by atoms with E-state index in [1.165, 1.54) is 33.6 Å². The van der Waals surface area contributed by atoms with Gasteiger partial charge in [-0.05, 0) is 47.6 Å². The first-order valence-corrected chi connectivity index (χ1v) is 10.9. The maximum Gasteiger partial charge on any atom is 0.225 e. The third-order valence-electron chi connectivity index (χ3n) is 6.53. The summed E-state index contributed by atoms with van der Waals surface area (Å²) in [6.45, 7) is 7.93. The fourth-order valence-electron chi connectivity index (χ4n) is 4.51. The molecule has 4 nitrogen and oxygen atoms in total. The summed E-state index contributed by atoms with van der Waals surface area (Å²) in [5.74, 6) is 1.24. The van der Waals surface area contributed by atoms with Crippen molar-refractivity contribution in [1.29, 1.82) is 0 Å². The smallest absolute Gasteiger partial charge is 0.225 e. The van der Waals surface area contributed by atoms with E-state index in [9.17, 15) is 4.79 Å². The van der Waals surface area contributed by atoms with E-state index in [1.807, 2.05) is 6.20 Å². The zero-order chi connectivity index (χ0) is 20.0. The Balaban J connectivity index is 1.34. The number of carbonyl (C=O) groups is 1. The summed E-state index contributed by atoms with van der Waals surface area (Å²) in [4.78, 5) is 21.5. The molecular weight excluding hydrogens is 358 g/mol. The van der Waals surface area contributed by atoms with Crippen molar-refractivity contribution in [3.63, 3.8) is 0 Å². The lowest BCUT2D eigenvalue weighted by atomic mass is 9.98. The van der Waals surface area contributed by atoms with Crippen LogP contribution in [0.2, 0.25) is 0 Å². The van der Waals surface area contributed by atoms with Gasteiger partial charge in [0.1, 0.15) is 0 Å². The monoisotopic (exact) mass is 387 g/mol. The number of hydrogen-bond donors (Lipinski definition) is 0. The van der Waals surface area contributed by atoms with Crippen molar-refractivity contribution in [2.75, 3.05) is 31.1 Å².